The highest BCUT2D eigenvalue weighted by atomic mass is 16.6. The summed E-state index contributed by atoms with van der Waals surface area (Å²) < 4.78 is 17.3. The second-order valence-corrected chi connectivity index (χ2v) is 15.1. The van der Waals surface area contributed by atoms with Crippen LogP contribution in [0.4, 0.5) is 9.59 Å². The first kappa shape index (κ1) is 39.8. The van der Waals surface area contributed by atoms with Gasteiger partial charge in [0.25, 0.3) is 0 Å². The SMILES string of the molecule is C/C(=C\C=C\[C@@H](C)COC(=O)N1CC[C@@H](O)C1)[C@H]1OC(=O)C[C@H](O)CC[C@@](C)(O)[C@@H](OC(=O)N2CCN(C3CCCCCC3)CC2)/C=C/[C@@H]1C. The smallest absolute Gasteiger partial charge is 0.410 e. The Morgan fingerprint density at radius 3 is 2.34 bits per heavy atom. The molecule has 0 aromatic carbocycles. The number of esters is 1. The summed E-state index contributed by atoms with van der Waals surface area (Å²) in [5, 5.41) is 31.8. The minimum atomic E-state index is -1.48. The van der Waals surface area contributed by atoms with E-state index >= 15 is 0 Å². The summed E-state index contributed by atoms with van der Waals surface area (Å²) in [6.07, 6.45) is 13.1. The highest BCUT2D eigenvalue weighted by molar-refractivity contribution is 5.70. The number of aliphatic hydroxyl groups excluding tert-OH is 2. The molecule has 12 heteroatoms. The molecule has 0 spiro atoms. The van der Waals surface area contributed by atoms with Gasteiger partial charge in [-0.05, 0) is 57.6 Å². The number of hydrogen-bond acceptors (Lipinski definition) is 10. The van der Waals surface area contributed by atoms with Crippen LogP contribution in [0.5, 0.6) is 0 Å². The molecule has 0 aromatic rings. The second kappa shape index (κ2) is 19.1. The van der Waals surface area contributed by atoms with Crippen LogP contribution in [0.3, 0.4) is 0 Å². The Labute approximate surface area is 298 Å². The molecule has 12 nitrogen and oxygen atoms in total. The molecule has 3 aliphatic heterocycles. The third kappa shape index (κ3) is 12.1. The predicted octanol–water partition coefficient (Wildman–Crippen LogP) is 4.57. The van der Waals surface area contributed by atoms with E-state index in [2.05, 4.69) is 4.90 Å². The number of carbonyl (C=O) groups excluding carboxylic acids is 3. The lowest BCUT2D eigenvalue weighted by Gasteiger charge is -2.40. The van der Waals surface area contributed by atoms with E-state index in [4.69, 9.17) is 14.2 Å². The molecule has 3 heterocycles. The van der Waals surface area contributed by atoms with Crippen molar-refractivity contribution >= 4 is 18.2 Å². The van der Waals surface area contributed by atoms with Crippen LogP contribution >= 0.6 is 0 Å². The molecular formula is C38H61N3O9. The number of ether oxygens (including phenoxy) is 3. The Hall–Kier alpha value is -2.93. The summed E-state index contributed by atoms with van der Waals surface area (Å²) in [5.41, 5.74) is -0.726. The number of nitrogens with zero attached hydrogens (tertiary/aromatic N) is 3. The van der Waals surface area contributed by atoms with E-state index in [1.54, 1.807) is 17.9 Å². The van der Waals surface area contributed by atoms with Crippen LogP contribution in [0.25, 0.3) is 0 Å². The molecule has 282 valence electrons. The number of amides is 2. The first-order chi connectivity index (χ1) is 23.8. The summed E-state index contributed by atoms with van der Waals surface area (Å²) >= 11 is 0. The van der Waals surface area contributed by atoms with Gasteiger partial charge >= 0.3 is 18.2 Å². The summed E-state index contributed by atoms with van der Waals surface area (Å²) in [5.74, 6) is -0.980. The van der Waals surface area contributed by atoms with Gasteiger partial charge in [-0.15, -0.1) is 0 Å². The molecule has 3 fully saturated rings. The third-order valence-electron chi connectivity index (χ3n) is 10.6. The fourth-order valence-electron chi connectivity index (χ4n) is 7.28. The lowest BCUT2D eigenvalue weighted by atomic mass is 9.89. The molecule has 0 aromatic heterocycles. The van der Waals surface area contributed by atoms with Gasteiger partial charge in [0.2, 0.25) is 0 Å². The van der Waals surface area contributed by atoms with Crippen molar-refractivity contribution in [2.24, 2.45) is 11.8 Å². The highest BCUT2D eigenvalue weighted by Gasteiger charge is 2.37. The average molecular weight is 704 g/mol. The fourth-order valence-corrected chi connectivity index (χ4v) is 7.28. The fraction of sp³-hybridized carbons (Fsp3) is 0.763. The summed E-state index contributed by atoms with van der Waals surface area (Å²) in [6.45, 7) is 10.9. The van der Waals surface area contributed by atoms with Crippen LogP contribution in [0, 0.1) is 11.8 Å². The van der Waals surface area contributed by atoms with Crippen molar-refractivity contribution in [3.63, 3.8) is 0 Å². The van der Waals surface area contributed by atoms with Crippen LogP contribution in [-0.2, 0) is 19.0 Å². The Morgan fingerprint density at radius 1 is 0.980 bits per heavy atom. The van der Waals surface area contributed by atoms with E-state index in [1.807, 2.05) is 45.1 Å². The number of carbonyl (C=O) groups is 3. The van der Waals surface area contributed by atoms with Gasteiger partial charge in [-0.1, -0.05) is 63.8 Å². The Morgan fingerprint density at radius 2 is 1.68 bits per heavy atom. The van der Waals surface area contributed by atoms with Gasteiger partial charge in [0.15, 0.2) is 6.10 Å². The van der Waals surface area contributed by atoms with Crippen molar-refractivity contribution in [1.29, 1.82) is 0 Å². The molecule has 50 heavy (non-hydrogen) atoms. The van der Waals surface area contributed by atoms with Gasteiger partial charge in [-0.2, -0.15) is 0 Å². The summed E-state index contributed by atoms with van der Waals surface area (Å²) in [4.78, 5) is 44.3. The topological polar surface area (TPSA) is 149 Å². The lowest BCUT2D eigenvalue weighted by molar-refractivity contribution is -0.151. The number of likely N-dealkylation sites (tertiary alicyclic amines) is 1. The van der Waals surface area contributed by atoms with Crippen molar-refractivity contribution in [1.82, 2.24) is 14.7 Å². The largest absolute Gasteiger partial charge is 0.457 e. The Kier molecular flexibility index (Phi) is 15.2. The number of rotatable bonds is 7. The van der Waals surface area contributed by atoms with E-state index < -0.39 is 48.2 Å². The monoisotopic (exact) mass is 703 g/mol. The molecule has 7 atom stereocenters. The number of aliphatic hydroxyl groups is 3. The minimum absolute atomic E-state index is 0.0840. The maximum Gasteiger partial charge on any atom is 0.410 e. The van der Waals surface area contributed by atoms with Gasteiger partial charge in [0.05, 0.1) is 25.2 Å². The maximum absolute atomic E-state index is 13.4. The molecule has 2 amide bonds. The van der Waals surface area contributed by atoms with Gasteiger partial charge < -0.3 is 39.3 Å². The number of allylic oxidation sites excluding steroid dienone is 2. The normalized spacial score (nSPS) is 32.8. The van der Waals surface area contributed by atoms with E-state index in [1.165, 1.54) is 43.4 Å². The minimum Gasteiger partial charge on any atom is -0.457 e. The maximum atomic E-state index is 13.4. The van der Waals surface area contributed by atoms with Gasteiger partial charge in [-0.3, -0.25) is 9.69 Å². The highest BCUT2D eigenvalue weighted by Crippen LogP contribution is 2.28. The molecule has 2 saturated heterocycles. The zero-order valence-corrected chi connectivity index (χ0v) is 30.6. The molecule has 4 rings (SSSR count). The zero-order valence-electron chi connectivity index (χ0n) is 30.6. The molecule has 4 aliphatic rings. The number of hydrogen-bond donors (Lipinski definition) is 3. The molecule has 3 N–H and O–H groups in total. The molecule has 1 aliphatic carbocycles. The molecule has 0 unspecified atom stereocenters. The first-order valence-corrected chi connectivity index (χ1v) is 18.7. The predicted molar refractivity (Wildman–Crippen MR) is 189 cm³/mol. The van der Waals surface area contributed by atoms with Crippen molar-refractivity contribution in [2.75, 3.05) is 45.9 Å². The quantitative estimate of drug-likeness (QED) is 0.113. The summed E-state index contributed by atoms with van der Waals surface area (Å²) in [6, 6.07) is 0.581. The van der Waals surface area contributed by atoms with Crippen LogP contribution in [-0.4, -0.2) is 130 Å². The molecule has 1 saturated carbocycles. The van der Waals surface area contributed by atoms with Crippen molar-refractivity contribution in [2.45, 2.75) is 128 Å². The number of β-amino-alcohol motifs (C(OH)–C–C–N with tert-alkyl or cyclic N) is 1. The lowest BCUT2D eigenvalue weighted by Crippen LogP contribution is -2.53. The Bertz CT molecular complexity index is 1200. The van der Waals surface area contributed by atoms with Gasteiger partial charge in [-0.25, -0.2) is 9.59 Å². The second-order valence-electron chi connectivity index (χ2n) is 15.1. The van der Waals surface area contributed by atoms with Crippen LogP contribution < -0.4 is 0 Å². The first-order valence-electron chi connectivity index (χ1n) is 18.7. The number of cyclic esters (lactones) is 1. The van der Waals surface area contributed by atoms with E-state index in [9.17, 15) is 29.7 Å². The van der Waals surface area contributed by atoms with Crippen LogP contribution in [0.2, 0.25) is 0 Å². The molecular weight excluding hydrogens is 642 g/mol. The summed E-state index contributed by atoms with van der Waals surface area (Å²) in [7, 11) is 0. The van der Waals surface area contributed by atoms with Crippen LogP contribution in [0.1, 0.15) is 91.9 Å². The van der Waals surface area contributed by atoms with Gasteiger partial charge in [0.1, 0.15) is 11.7 Å². The van der Waals surface area contributed by atoms with E-state index in [0.29, 0.717) is 32.1 Å². The Balaban J connectivity index is 1.39. The van der Waals surface area contributed by atoms with Crippen molar-refractivity contribution in [3.8, 4) is 0 Å². The number of piperazine rings is 1. The van der Waals surface area contributed by atoms with Crippen molar-refractivity contribution in [3.05, 3.63) is 36.0 Å². The van der Waals surface area contributed by atoms with Gasteiger partial charge in [0, 0.05) is 57.1 Å². The average Bonchev–Trinajstić information content (AvgIpc) is 3.34. The van der Waals surface area contributed by atoms with E-state index in [-0.39, 0.29) is 44.2 Å². The zero-order chi connectivity index (χ0) is 36.3. The standard InChI is InChI=1S/C38H61N3O9/c1-27(26-48-36(45)41-19-17-32(43)25-41)10-9-11-28(2)35-29(3)14-15-33(38(4,47)18-16-31(42)24-34(44)50-35)49-37(46)40-22-20-39(21-23-40)30-12-7-5-6-8-13-30/h9-11,14-15,27,29-33,35,42-43,47H,5-8,12-13,16-26H2,1-4H3/b10-9+,15-14+,28-11+/t27-,29+,31-,32-,33+,35-,38-/m1/s1. The van der Waals surface area contributed by atoms with E-state index in [0.717, 1.165) is 18.7 Å². The third-order valence-corrected chi connectivity index (χ3v) is 10.6. The van der Waals surface area contributed by atoms with Crippen molar-refractivity contribution < 1.29 is 43.9 Å². The molecule has 0 bridgehead atoms. The molecule has 0 radical (unpaired) electrons. The van der Waals surface area contributed by atoms with Crippen LogP contribution in [0.15, 0.2) is 36.0 Å².